The third kappa shape index (κ3) is 5.87. The van der Waals surface area contributed by atoms with Gasteiger partial charge in [-0.25, -0.2) is 0 Å². The summed E-state index contributed by atoms with van der Waals surface area (Å²) in [5, 5.41) is 8.73. The summed E-state index contributed by atoms with van der Waals surface area (Å²) >= 11 is 0. The Morgan fingerprint density at radius 2 is 1.76 bits per heavy atom. The Morgan fingerprint density at radius 3 is 2.59 bits per heavy atom. The van der Waals surface area contributed by atoms with Gasteiger partial charge in [0.15, 0.2) is 0 Å². The van der Waals surface area contributed by atoms with Gasteiger partial charge in [0.05, 0.1) is 5.52 Å². The zero-order chi connectivity index (χ0) is 23.8. The first kappa shape index (κ1) is 24.5. The standard InChI is InChI=1S/C29H40N4O/c1-3-21-24(4-2)32-27-14-9-8-13-23(27)29(21)31-20-11-7-5-6-10-19-30-25-15-12-16-26-22(25)17-18-28(34)33-26/h8-9,13-14,17-18,25,30H,3-7,10-12,15-16,19-20H2,1-2H3,(H,31,32)(H,33,34). The van der Waals surface area contributed by atoms with Crippen LogP contribution in [0.1, 0.15) is 87.3 Å². The van der Waals surface area contributed by atoms with Crippen LogP contribution >= 0.6 is 0 Å². The summed E-state index contributed by atoms with van der Waals surface area (Å²) in [5.74, 6) is 0. The first-order valence-electron chi connectivity index (χ1n) is 13.3. The van der Waals surface area contributed by atoms with Crippen molar-refractivity contribution in [3.8, 4) is 0 Å². The summed E-state index contributed by atoms with van der Waals surface area (Å²) < 4.78 is 0. The molecule has 0 radical (unpaired) electrons. The molecule has 2 heterocycles. The average molecular weight is 461 g/mol. The molecule has 2 aromatic heterocycles. The Labute approximate surface area is 203 Å². The lowest BCUT2D eigenvalue weighted by Crippen LogP contribution is -2.28. The molecule has 5 heteroatoms. The van der Waals surface area contributed by atoms with Gasteiger partial charge in [-0.15, -0.1) is 0 Å². The monoisotopic (exact) mass is 460 g/mol. The van der Waals surface area contributed by atoms with Crippen molar-refractivity contribution in [3.05, 3.63) is 69.3 Å². The van der Waals surface area contributed by atoms with Crippen LogP contribution in [0.2, 0.25) is 0 Å². The highest BCUT2D eigenvalue weighted by atomic mass is 16.1. The second kappa shape index (κ2) is 12.2. The molecule has 1 unspecified atom stereocenters. The van der Waals surface area contributed by atoms with E-state index in [1.165, 1.54) is 60.0 Å². The smallest absolute Gasteiger partial charge is 0.248 e. The van der Waals surface area contributed by atoms with Crippen LogP contribution in [0.15, 0.2) is 41.2 Å². The van der Waals surface area contributed by atoms with Crippen LogP contribution in [-0.4, -0.2) is 23.1 Å². The molecule has 0 fully saturated rings. The second-order valence-corrected chi connectivity index (χ2v) is 9.49. The molecular formula is C29H40N4O. The van der Waals surface area contributed by atoms with Crippen LogP contribution in [0.25, 0.3) is 10.9 Å². The van der Waals surface area contributed by atoms with Crippen molar-refractivity contribution in [1.29, 1.82) is 0 Å². The highest BCUT2D eigenvalue weighted by Crippen LogP contribution is 2.30. The van der Waals surface area contributed by atoms with E-state index in [1.807, 2.05) is 6.07 Å². The Kier molecular flexibility index (Phi) is 8.75. The molecule has 182 valence electrons. The van der Waals surface area contributed by atoms with E-state index < -0.39 is 0 Å². The van der Waals surface area contributed by atoms with Crippen LogP contribution in [0.4, 0.5) is 5.69 Å². The van der Waals surface area contributed by atoms with Crippen molar-refractivity contribution < 1.29 is 0 Å². The molecule has 1 aromatic carbocycles. The van der Waals surface area contributed by atoms with E-state index in [-0.39, 0.29) is 5.56 Å². The molecule has 0 saturated heterocycles. The fraction of sp³-hybridized carbons (Fsp3) is 0.517. The molecule has 0 bridgehead atoms. The Hall–Kier alpha value is -2.66. The minimum Gasteiger partial charge on any atom is -0.384 e. The van der Waals surface area contributed by atoms with Crippen molar-refractivity contribution in [2.45, 2.75) is 84.1 Å². The number of hydrogen-bond donors (Lipinski definition) is 3. The normalized spacial score (nSPS) is 15.4. The van der Waals surface area contributed by atoms with Crippen LogP contribution in [0.3, 0.4) is 0 Å². The van der Waals surface area contributed by atoms with E-state index in [0.717, 1.165) is 56.4 Å². The number of nitrogens with zero attached hydrogens (tertiary/aromatic N) is 1. The summed E-state index contributed by atoms with van der Waals surface area (Å²) in [6, 6.07) is 12.6. The summed E-state index contributed by atoms with van der Waals surface area (Å²) in [5.41, 5.74) is 7.43. The van der Waals surface area contributed by atoms with Gasteiger partial charge >= 0.3 is 0 Å². The van der Waals surface area contributed by atoms with E-state index in [0.29, 0.717) is 6.04 Å². The first-order chi connectivity index (χ1) is 16.7. The van der Waals surface area contributed by atoms with Gasteiger partial charge < -0.3 is 15.6 Å². The lowest BCUT2D eigenvalue weighted by molar-refractivity contribution is 0.443. The first-order valence-corrected chi connectivity index (χ1v) is 13.3. The third-order valence-electron chi connectivity index (χ3n) is 7.15. The Balaban J connectivity index is 1.18. The molecule has 34 heavy (non-hydrogen) atoms. The number of anilines is 1. The van der Waals surface area contributed by atoms with Gasteiger partial charge in [-0.1, -0.05) is 57.4 Å². The molecular weight excluding hydrogens is 420 g/mol. The number of pyridine rings is 2. The maximum absolute atomic E-state index is 11.6. The number of nitrogens with one attached hydrogen (secondary N) is 3. The predicted molar refractivity (Wildman–Crippen MR) is 143 cm³/mol. The Bertz CT molecular complexity index is 1140. The van der Waals surface area contributed by atoms with Gasteiger partial charge in [0.2, 0.25) is 5.56 Å². The zero-order valence-corrected chi connectivity index (χ0v) is 20.9. The number of H-pyrrole nitrogens is 1. The maximum atomic E-state index is 11.6. The van der Waals surface area contributed by atoms with Crippen molar-refractivity contribution >= 4 is 16.6 Å². The maximum Gasteiger partial charge on any atom is 0.248 e. The van der Waals surface area contributed by atoms with Gasteiger partial charge in [0.25, 0.3) is 0 Å². The molecule has 1 aliphatic carbocycles. The van der Waals surface area contributed by atoms with Crippen LogP contribution in [-0.2, 0) is 19.3 Å². The van der Waals surface area contributed by atoms with E-state index in [9.17, 15) is 4.79 Å². The van der Waals surface area contributed by atoms with Gasteiger partial charge in [-0.2, -0.15) is 0 Å². The van der Waals surface area contributed by atoms with Gasteiger partial charge in [0, 0.05) is 41.1 Å². The van der Waals surface area contributed by atoms with Crippen LogP contribution in [0, 0.1) is 0 Å². The summed E-state index contributed by atoms with van der Waals surface area (Å²) in [6.45, 7) is 6.49. The largest absolute Gasteiger partial charge is 0.384 e. The van der Waals surface area contributed by atoms with E-state index in [4.69, 9.17) is 4.98 Å². The van der Waals surface area contributed by atoms with Crippen LogP contribution < -0.4 is 16.2 Å². The quantitative estimate of drug-likeness (QED) is 0.287. The number of rotatable bonds is 12. The van der Waals surface area contributed by atoms with Gasteiger partial charge in [-0.05, 0) is 68.7 Å². The summed E-state index contributed by atoms with van der Waals surface area (Å²) in [7, 11) is 0. The number of aryl methyl sites for hydroxylation is 2. The lowest BCUT2D eigenvalue weighted by atomic mass is 9.91. The molecule has 0 amide bonds. The molecule has 3 aromatic rings. The highest BCUT2D eigenvalue weighted by molar-refractivity contribution is 5.93. The number of hydrogen-bond acceptors (Lipinski definition) is 4. The van der Waals surface area contributed by atoms with E-state index in [2.05, 4.69) is 53.7 Å². The molecule has 0 saturated carbocycles. The highest BCUT2D eigenvalue weighted by Gasteiger charge is 2.19. The molecule has 0 aliphatic heterocycles. The molecule has 4 rings (SSSR count). The number of para-hydroxylation sites is 1. The fourth-order valence-electron chi connectivity index (χ4n) is 5.36. The minimum atomic E-state index is 0.0164. The van der Waals surface area contributed by atoms with Crippen molar-refractivity contribution in [3.63, 3.8) is 0 Å². The topological polar surface area (TPSA) is 69.8 Å². The zero-order valence-electron chi connectivity index (χ0n) is 20.9. The molecule has 5 nitrogen and oxygen atoms in total. The fourth-order valence-corrected chi connectivity index (χ4v) is 5.36. The van der Waals surface area contributed by atoms with E-state index >= 15 is 0 Å². The number of unbranched alkanes of at least 4 members (excludes halogenated alkanes) is 4. The summed E-state index contributed by atoms with van der Waals surface area (Å²) in [6.07, 6.45) is 11.5. The number of benzene rings is 1. The van der Waals surface area contributed by atoms with E-state index in [1.54, 1.807) is 6.07 Å². The molecule has 3 N–H and O–H groups in total. The number of aromatic nitrogens is 2. The van der Waals surface area contributed by atoms with Gasteiger partial charge in [0.1, 0.15) is 0 Å². The number of fused-ring (bicyclic) bond motifs is 2. The molecule has 1 atom stereocenters. The average Bonchev–Trinajstić information content (AvgIpc) is 2.86. The number of aromatic amines is 1. The molecule has 0 spiro atoms. The minimum absolute atomic E-state index is 0.0164. The molecule has 1 aliphatic rings. The van der Waals surface area contributed by atoms with Gasteiger partial charge in [-0.3, -0.25) is 9.78 Å². The second-order valence-electron chi connectivity index (χ2n) is 9.49. The van der Waals surface area contributed by atoms with Crippen molar-refractivity contribution in [1.82, 2.24) is 15.3 Å². The van der Waals surface area contributed by atoms with Crippen molar-refractivity contribution in [2.75, 3.05) is 18.4 Å². The summed E-state index contributed by atoms with van der Waals surface area (Å²) in [4.78, 5) is 19.5. The van der Waals surface area contributed by atoms with Crippen LogP contribution in [0.5, 0.6) is 0 Å². The lowest BCUT2D eigenvalue weighted by Gasteiger charge is -2.26. The predicted octanol–water partition coefficient (Wildman–Crippen LogP) is 6.08. The SMILES string of the molecule is CCc1nc2ccccc2c(NCCCCCCCNC2CCCc3[nH]c(=O)ccc32)c1CC. The van der Waals surface area contributed by atoms with Crippen molar-refractivity contribution in [2.24, 2.45) is 0 Å². The Morgan fingerprint density at radius 1 is 0.971 bits per heavy atom. The third-order valence-corrected chi connectivity index (χ3v) is 7.15.